The van der Waals surface area contributed by atoms with Crippen molar-refractivity contribution in [1.82, 2.24) is 10.3 Å². The van der Waals surface area contributed by atoms with E-state index in [4.69, 9.17) is 4.42 Å². The second-order valence-corrected chi connectivity index (χ2v) is 4.55. The van der Waals surface area contributed by atoms with Crippen molar-refractivity contribution in [2.24, 2.45) is 0 Å². The van der Waals surface area contributed by atoms with Crippen LogP contribution in [0.2, 0.25) is 0 Å². The number of carbonyl (C=O) groups excluding carboxylic acids is 1. The number of nitrogens with zero attached hydrogens (tertiary/aromatic N) is 1. The topological polar surface area (TPSA) is 55.1 Å². The molecule has 0 fully saturated rings. The van der Waals surface area contributed by atoms with Crippen molar-refractivity contribution in [3.63, 3.8) is 0 Å². The largest absolute Gasteiger partial charge is 0.467 e. The second-order valence-electron chi connectivity index (χ2n) is 4.55. The number of benzene rings is 1. The molecular formula is C17H14N2O2. The standard InChI is InChI=1S/C17H14N2O2/c20-16(19-12-15-7-3-11-21-15)9-8-14-5-1-4-13-6-2-10-18-17(13)14/h1-11H,12H2,(H,19,20)/b9-8+. The molecule has 0 saturated heterocycles. The van der Waals surface area contributed by atoms with Crippen molar-refractivity contribution < 1.29 is 9.21 Å². The van der Waals surface area contributed by atoms with Crippen LogP contribution in [0.1, 0.15) is 11.3 Å². The van der Waals surface area contributed by atoms with Crippen LogP contribution in [-0.4, -0.2) is 10.9 Å². The smallest absolute Gasteiger partial charge is 0.244 e. The van der Waals surface area contributed by atoms with E-state index in [1.54, 1.807) is 24.6 Å². The molecule has 1 aromatic carbocycles. The summed E-state index contributed by atoms with van der Waals surface area (Å²) >= 11 is 0. The first kappa shape index (κ1) is 13.1. The molecule has 1 amide bonds. The number of furan rings is 1. The summed E-state index contributed by atoms with van der Waals surface area (Å²) in [5.74, 6) is 0.558. The van der Waals surface area contributed by atoms with E-state index in [9.17, 15) is 4.79 Å². The van der Waals surface area contributed by atoms with E-state index in [0.29, 0.717) is 6.54 Å². The van der Waals surface area contributed by atoms with E-state index in [-0.39, 0.29) is 5.91 Å². The summed E-state index contributed by atoms with van der Waals surface area (Å²) in [6.07, 6.45) is 6.61. The van der Waals surface area contributed by atoms with Crippen LogP contribution in [0.5, 0.6) is 0 Å². The van der Waals surface area contributed by atoms with Crippen LogP contribution in [0, 0.1) is 0 Å². The molecule has 0 bridgehead atoms. The Morgan fingerprint density at radius 3 is 2.95 bits per heavy atom. The highest BCUT2D eigenvalue weighted by Crippen LogP contribution is 2.16. The van der Waals surface area contributed by atoms with Gasteiger partial charge in [0.25, 0.3) is 0 Å². The van der Waals surface area contributed by atoms with E-state index in [1.807, 2.05) is 36.4 Å². The molecule has 0 unspecified atom stereocenters. The van der Waals surface area contributed by atoms with Crippen molar-refractivity contribution in [1.29, 1.82) is 0 Å². The molecule has 4 nitrogen and oxygen atoms in total. The summed E-state index contributed by atoms with van der Waals surface area (Å²) < 4.78 is 5.16. The third kappa shape index (κ3) is 3.17. The molecule has 2 aromatic heterocycles. The Bertz CT molecular complexity index is 771. The fourth-order valence-electron chi connectivity index (χ4n) is 2.07. The number of rotatable bonds is 4. The summed E-state index contributed by atoms with van der Waals surface area (Å²) in [5, 5.41) is 3.81. The van der Waals surface area contributed by atoms with E-state index >= 15 is 0 Å². The third-order valence-electron chi connectivity index (χ3n) is 3.10. The molecule has 2 heterocycles. The predicted octanol–water partition coefficient (Wildman–Crippen LogP) is 3.16. The predicted molar refractivity (Wildman–Crippen MR) is 81.3 cm³/mol. The molecule has 0 atom stereocenters. The quantitative estimate of drug-likeness (QED) is 0.746. The van der Waals surface area contributed by atoms with Gasteiger partial charge in [-0.1, -0.05) is 24.3 Å². The maximum Gasteiger partial charge on any atom is 0.244 e. The number of amides is 1. The fourth-order valence-corrected chi connectivity index (χ4v) is 2.07. The van der Waals surface area contributed by atoms with Crippen LogP contribution in [0.4, 0.5) is 0 Å². The summed E-state index contributed by atoms with van der Waals surface area (Å²) in [5.41, 5.74) is 1.80. The first-order valence-electron chi connectivity index (χ1n) is 6.65. The van der Waals surface area contributed by atoms with Crippen molar-refractivity contribution >= 4 is 22.9 Å². The minimum atomic E-state index is -0.167. The summed E-state index contributed by atoms with van der Waals surface area (Å²) in [4.78, 5) is 16.1. The molecule has 0 spiro atoms. The number of nitrogens with one attached hydrogen (secondary N) is 1. The van der Waals surface area contributed by atoms with Gasteiger partial charge in [0.2, 0.25) is 5.91 Å². The molecule has 104 valence electrons. The van der Waals surface area contributed by atoms with Crippen LogP contribution >= 0.6 is 0 Å². The van der Waals surface area contributed by atoms with Crippen molar-refractivity contribution in [3.8, 4) is 0 Å². The van der Waals surface area contributed by atoms with Gasteiger partial charge in [0.1, 0.15) is 5.76 Å². The van der Waals surface area contributed by atoms with E-state index < -0.39 is 0 Å². The Balaban J connectivity index is 1.71. The summed E-state index contributed by atoms with van der Waals surface area (Å²) in [6, 6.07) is 13.4. The van der Waals surface area contributed by atoms with Crippen LogP contribution in [0.25, 0.3) is 17.0 Å². The van der Waals surface area contributed by atoms with Crippen molar-refractivity contribution in [2.75, 3.05) is 0 Å². The molecule has 4 heteroatoms. The lowest BCUT2D eigenvalue weighted by molar-refractivity contribution is -0.116. The lowest BCUT2D eigenvalue weighted by atomic mass is 10.1. The Morgan fingerprint density at radius 1 is 1.19 bits per heavy atom. The molecule has 0 saturated carbocycles. The van der Waals surface area contributed by atoms with Gasteiger partial charge in [-0.2, -0.15) is 0 Å². The number of fused-ring (bicyclic) bond motifs is 1. The Labute approximate surface area is 122 Å². The molecule has 0 aliphatic rings. The molecule has 0 radical (unpaired) electrons. The molecule has 3 rings (SSSR count). The average Bonchev–Trinajstić information content (AvgIpc) is 3.04. The first-order valence-corrected chi connectivity index (χ1v) is 6.65. The van der Waals surface area contributed by atoms with Gasteiger partial charge in [0.15, 0.2) is 0 Å². The second kappa shape index (κ2) is 6.05. The highest BCUT2D eigenvalue weighted by Gasteiger charge is 2.01. The minimum absolute atomic E-state index is 0.167. The van der Waals surface area contributed by atoms with Crippen molar-refractivity contribution in [2.45, 2.75) is 6.54 Å². The van der Waals surface area contributed by atoms with Crippen LogP contribution in [-0.2, 0) is 11.3 Å². The van der Waals surface area contributed by atoms with Crippen LogP contribution in [0.15, 0.2) is 65.4 Å². The number of aromatic nitrogens is 1. The van der Waals surface area contributed by atoms with Gasteiger partial charge in [-0.3, -0.25) is 9.78 Å². The minimum Gasteiger partial charge on any atom is -0.467 e. The van der Waals surface area contributed by atoms with Crippen molar-refractivity contribution in [3.05, 3.63) is 72.3 Å². The van der Waals surface area contributed by atoms with Gasteiger partial charge in [-0.05, 0) is 24.3 Å². The number of hydrogen-bond acceptors (Lipinski definition) is 3. The number of pyridine rings is 1. The Hall–Kier alpha value is -2.88. The lowest BCUT2D eigenvalue weighted by Gasteiger charge is -2.01. The number of para-hydroxylation sites is 1. The van der Waals surface area contributed by atoms with Gasteiger partial charge in [-0.25, -0.2) is 0 Å². The summed E-state index contributed by atoms with van der Waals surface area (Å²) in [6.45, 7) is 0.379. The molecule has 1 N–H and O–H groups in total. The number of hydrogen-bond donors (Lipinski definition) is 1. The molecule has 3 aromatic rings. The first-order chi connectivity index (χ1) is 10.3. The monoisotopic (exact) mass is 278 g/mol. The summed E-state index contributed by atoms with van der Waals surface area (Å²) in [7, 11) is 0. The van der Waals surface area contributed by atoms with E-state index in [2.05, 4.69) is 10.3 Å². The average molecular weight is 278 g/mol. The SMILES string of the molecule is O=C(/C=C/c1cccc2cccnc12)NCc1ccco1. The van der Waals surface area contributed by atoms with Gasteiger partial charge in [0.05, 0.1) is 18.3 Å². The highest BCUT2D eigenvalue weighted by atomic mass is 16.3. The third-order valence-corrected chi connectivity index (χ3v) is 3.10. The zero-order chi connectivity index (χ0) is 14.5. The van der Waals surface area contributed by atoms with E-state index in [0.717, 1.165) is 22.2 Å². The van der Waals surface area contributed by atoms with Crippen LogP contribution in [0.3, 0.4) is 0 Å². The lowest BCUT2D eigenvalue weighted by Crippen LogP contribution is -2.19. The Kier molecular flexibility index (Phi) is 3.78. The fraction of sp³-hybridized carbons (Fsp3) is 0.0588. The van der Waals surface area contributed by atoms with Gasteiger partial charge < -0.3 is 9.73 Å². The molecule has 21 heavy (non-hydrogen) atoms. The normalized spacial score (nSPS) is 11.0. The van der Waals surface area contributed by atoms with Gasteiger partial charge in [-0.15, -0.1) is 0 Å². The highest BCUT2D eigenvalue weighted by molar-refractivity contribution is 5.95. The zero-order valence-electron chi connectivity index (χ0n) is 11.3. The Morgan fingerprint density at radius 2 is 2.10 bits per heavy atom. The maximum absolute atomic E-state index is 11.8. The molecular weight excluding hydrogens is 264 g/mol. The van der Waals surface area contributed by atoms with Gasteiger partial charge in [0, 0.05) is 23.2 Å². The number of carbonyl (C=O) groups is 1. The van der Waals surface area contributed by atoms with E-state index in [1.165, 1.54) is 6.08 Å². The maximum atomic E-state index is 11.8. The van der Waals surface area contributed by atoms with Crippen LogP contribution < -0.4 is 5.32 Å². The van der Waals surface area contributed by atoms with Gasteiger partial charge >= 0.3 is 0 Å². The zero-order valence-corrected chi connectivity index (χ0v) is 11.3. The molecule has 0 aliphatic heterocycles. The molecule has 0 aliphatic carbocycles.